The number of thiocarbonyl (C=S) groups is 1. The fourth-order valence-corrected chi connectivity index (χ4v) is 4.95. The molecular weight excluding hydrogens is 497 g/mol. The van der Waals surface area contributed by atoms with Gasteiger partial charge in [0, 0.05) is 42.4 Å². The van der Waals surface area contributed by atoms with E-state index in [1.54, 1.807) is 18.3 Å². The zero-order chi connectivity index (χ0) is 25.1. The lowest BCUT2D eigenvalue weighted by Gasteiger charge is -2.29. The molecule has 0 bridgehead atoms. The molecule has 3 heterocycles. The van der Waals surface area contributed by atoms with Crippen LogP contribution in [0.4, 0.5) is 10.1 Å². The molecule has 4 aromatic rings. The summed E-state index contributed by atoms with van der Waals surface area (Å²) in [4.78, 5) is 19.3. The second-order valence-electron chi connectivity index (χ2n) is 8.39. The van der Waals surface area contributed by atoms with Crippen molar-refractivity contribution in [3.05, 3.63) is 113 Å². The highest BCUT2D eigenvalue weighted by Gasteiger charge is 2.41. The van der Waals surface area contributed by atoms with E-state index in [0.29, 0.717) is 11.7 Å². The van der Waals surface area contributed by atoms with Crippen molar-refractivity contribution in [1.82, 2.24) is 19.8 Å². The van der Waals surface area contributed by atoms with Crippen LogP contribution in [0.15, 0.2) is 91.3 Å². The molecule has 6 nitrogen and oxygen atoms in total. The molecule has 2 N–H and O–H groups in total. The maximum atomic E-state index is 13.8. The second-order valence-corrected chi connectivity index (χ2v) is 9.18. The summed E-state index contributed by atoms with van der Waals surface area (Å²) in [6, 6.07) is 23.1. The summed E-state index contributed by atoms with van der Waals surface area (Å²) in [7, 11) is 0. The summed E-state index contributed by atoms with van der Waals surface area (Å²) < 4.78 is 15.8. The van der Waals surface area contributed by atoms with Gasteiger partial charge in [-0.3, -0.25) is 9.78 Å². The van der Waals surface area contributed by atoms with Gasteiger partial charge in [0.25, 0.3) is 0 Å². The Labute approximate surface area is 218 Å². The fraction of sp³-hybridized carbons (Fsp3) is 0.148. The third-order valence-electron chi connectivity index (χ3n) is 6.10. The van der Waals surface area contributed by atoms with E-state index in [2.05, 4.69) is 15.6 Å². The molecule has 2 atom stereocenters. The lowest BCUT2D eigenvalue weighted by Crippen LogP contribution is -2.33. The van der Waals surface area contributed by atoms with Crippen LogP contribution in [0.2, 0.25) is 5.02 Å². The molecule has 36 heavy (non-hydrogen) atoms. The van der Waals surface area contributed by atoms with Gasteiger partial charge in [0.05, 0.1) is 22.8 Å². The van der Waals surface area contributed by atoms with Crippen LogP contribution in [-0.4, -0.2) is 32.0 Å². The first-order valence-corrected chi connectivity index (χ1v) is 12.3. The summed E-state index contributed by atoms with van der Waals surface area (Å²) in [6.07, 6.45) is 3.88. The molecule has 0 unspecified atom stereocenters. The van der Waals surface area contributed by atoms with Crippen molar-refractivity contribution in [1.29, 1.82) is 0 Å². The van der Waals surface area contributed by atoms with Gasteiger partial charge in [0.2, 0.25) is 5.91 Å². The van der Waals surface area contributed by atoms with Crippen LogP contribution in [0.5, 0.6) is 0 Å². The Morgan fingerprint density at radius 1 is 1.08 bits per heavy atom. The number of hydrogen-bond acceptors (Lipinski definition) is 3. The maximum absolute atomic E-state index is 13.8. The zero-order valence-corrected chi connectivity index (χ0v) is 20.7. The summed E-state index contributed by atoms with van der Waals surface area (Å²) in [6.45, 7) is 0.397. The normalized spacial score (nSPS) is 17.2. The third-order valence-corrected chi connectivity index (χ3v) is 6.74. The number of amides is 1. The molecule has 0 radical (unpaired) electrons. The van der Waals surface area contributed by atoms with Crippen LogP contribution in [0.1, 0.15) is 29.9 Å². The molecule has 9 heteroatoms. The van der Waals surface area contributed by atoms with Crippen molar-refractivity contribution in [2.24, 2.45) is 0 Å². The Hall–Kier alpha value is -3.75. The summed E-state index contributed by atoms with van der Waals surface area (Å²) >= 11 is 11.8. The molecule has 1 aliphatic heterocycles. The summed E-state index contributed by atoms with van der Waals surface area (Å²) in [5, 5.41) is 6.90. The van der Waals surface area contributed by atoms with E-state index in [1.165, 1.54) is 6.07 Å². The second kappa shape index (κ2) is 10.5. The maximum Gasteiger partial charge on any atom is 0.226 e. The number of benzene rings is 2. The number of aromatic nitrogens is 2. The summed E-state index contributed by atoms with van der Waals surface area (Å²) in [5.41, 5.74) is 3.20. The van der Waals surface area contributed by atoms with E-state index in [4.69, 9.17) is 23.8 Å². The minimum absolute atomic E-state index is 0.0444. The highest BCUT2D eigenvalue weighted by molar-refractivity contribution is 7.80. The molecule has 2 aromatic carbocycles. The molecule has 0 aliphatic carbocycles. The molecule has 5 rings (SSSR count). The number of hydrogen-bond donors (Lipinski definition) is 2. The van der Waals surface area contributed by atoms with Crippen molar-refractivity contribution in [3.8, 4) is 5.69 Å². The van der Waals surface area contributed by atoms with E-state index in [-0.39, 0.29) is 29.4 Å². The minimum Gasteiger partial charge on any atom is -0.352 e. The molecule has 182 valence electrons. The van der Waals surface area contributed by atoms with Crippen molar-refractivity contribution in [2.45, 2.75) is 18.5 Å². The van der Waals surface area contributed by atoms with E-state index < -0.39 is 5.82 Å². The highest BCUT2D eigenvalue weighted by atomic mass is 35.5. The van der Waals surface area contributed by atoms with Gasteiger partial charge < -0.3 is 20.1 Å². The van der Waals surface area contributed by atoms with Crippen LogP contribution < -0.4 is 10.6 Å². The standard InChI is InChI=1S/C27H23ClFN5OS/c28-20-17-19(11-12-21(20)29)33-15-6-10-23(33)26-25(22-9-4-5-14-30-22)32-27(36)34(26)16-13-24(35)31-18-7-2-1-3-8-18/h1-12,14-15,17,25-26H,13,16H2,(H,31,35)(H,32,36)/t25-,26-/m0/s1. The third kappa shape index (κ3) is 4.96. The fourth-order valence-electron chi connectivity index (χ4n) is 4.44. The number of rotatable bonds is 7. The molecule has 1 amide bonds. The molecule has 1 fully saturated rings. The average molecular weight is 520 g/mol. The van der Waals surface area contributed by atoms with Gasteiger partial charge >= 0.3 is 0 Å². The zero-order valence-electron chi connectivity index (χ0n) is 19.1. The predicted molar refractivity (Wildman–Crippen MR) is 143 cm³/mol. The predicted octanol–water partition coefficient (Wildman–Crippen LogP) is 5.67. The van der Waals surface area contributed by atoms with Crippen LogP contribution in [0.3, 0.4) is 0 Å². The Balaban J connectivity index is 1.46. The molecule has 2 aromatic heterocycles. The van der Waals surface area contributed by atoms with Crippen molar-refractivity contribution >= 4 is 40.5 Å². The SMILES string of the molecule is O=C(CCN1C(=S)N[C@@H](c2ccccn2)[C@@H]1c1cccn1-c1ccc(F)c(Cl)c1)Nc1ccccc1. The first-order valence-electron chi connectivity index (χ1n) is 11.5. The van der Waals surface area contributed by atoms with Crippen LogP contribution >= 0.6 is 23.8 Å². The molecular formula is C27H23ClFN5OS. The molecule has 1 saturated heterocycles. The topological polar surface area (TPSA) is 62.2 Å². The number of carbonyl (C=O) groups is 1. The van der Waals surface area contributed by atoms with E-state index in [1.807, 2.05) is 76.3 Å². The quantitative estimate of drug-likeness (QED) is 0.308. The Bertz CT molecular complexity index is 1380. The number of nitrogens with zero attached hydrogens (tertiary/aromatic N) is 3. The number of carbonyl (C=O) groups excluding carboxylic acids is 1. The van der Waals surface area contributed by atoms with E-state index >= 15 is 0 Å². The number of pyridine rings is 1. The molecule has 0 saturated carbocycles. The van der Waals surface area contributed by atoms with Crippen molar-refractivity contribution in [2.75, 3.05) is 11.9 Å². The van der Waals surface area contributed by atoms with Crippen LogP contribution in [-0.2, 0) is 4.79 Å². The highest BCUT2D eigenvalue weighted by Crippen LogP contribution is 2.39. The molecule has 0 spiro atoms. The molecule has 1 aliphatic rings. The minimum atomic E-state index is -0.477. The van der Waals surface area contributed by atoms with Crippen molar-refractivity contribution < 1.29 is 9.18 Å². The van der Waals surface area contributed by atoms with Gasteiger partial charge in [-0.15, -0.1) is 0 Å². The average Bonchev–Trinajstić information content (AvgIpc) is 3.50. The lowest BCUT2D eigenvalue weighted by atomic mass is 10.0. The Morgan fingerprint density at radius 3 is 2.64 bits per heavy atom. The van der Waals surface area contributed by atoms with Gasteiger partial charge in [-0.25, -0.2) is 4.39 Å². The Morgan fingerprint density at radius 2 is 1.89 bits per heavy atom. The van der Waals surface area contributed by atoms with Gasteiger partial charge in [0.15, 0.2) is 5.11 Å². The van der Waals surface area contributed by atoms with Gasteiger partial charge in [-0.1, -0.05) is 35.9 Å². The van der Waals surface area contributed by atoms with Crippen LogP contribution in [0.25, 0.3) is 5.69 Å². The van der Waals surface area contributed by atoms with Gasteiger partial charge in [0.1, 0.15) is 5.82 Å². The van der Waals surface area contributed by atoms with Gasteiger partial charge in [-0.2, -0.15) is 0 Å². The van der Waals surface area contributed by atoms with E-state index in [0.717, 1.165) is 22.8 Å². The van der Waals surface area contributed by atoms with Crippen molar-refractivity contribution in [3.63, 3.8) is 0 Å². The first-order chi connectivity index (χ1) is 17.5. The smallest absolute Gasteiger partial charge is 0.226 e. The Kier molecular flexibility index (Phi) is 6.97. The number of halogens is 2. The first kappa shape index (κ1) is 24.0. The number of nitrogens with one attached hydrogen (secondary N) is 2. The number of para-hydroxylation sites is 1. The summed E-state index contributed by atoms with van der Waals surface area (Å²) in [5.74, 6) is -0.583. The largest absolute Gasteiger partial charge is 0.352 e. The van der Waals surface area contributed by atoms with Gasteiger partial charge in [-0.05, 0) is 66.8 Å². The monoisotopic (exact) mass is 519 g/mol. The lowest BCUT2D eigenvalue weighted by molar-refractivity contribution is -0.116. The van der Waals surface area contributed by atoms with E-state index in [9.17, 15) is 9.18 Å². The number of anilines is 1. The van der Waals surface area contributed by atoms with Crippen LogP contribution in [0, 0.1) is 5.82 Å².